The van der Waals surface area contributed by atoms with Gasteiger partial charge in [-0.1, -0.05) is 25.7 Å². The lowest BCUT2D eigenvalue weighted by atomic mass is 10.1. The van der Waals surface area contributed by atoms with Crippen molar-refractivity contribution in [3.63, 3.8) is 0 Å². The van der Waals surface area contributed by atoms with Crippen LogP contribution in [0.1, 0.15) is 44.1 Å². The van der Waals surface area contributed by atoms with Crippen LogP contribution in [0.4, 0.5) is 0 Å². The van der Waals surface area contributed by atoms with Crippen molar-refractivity contribution in [1.82, 2.24) is 5.32 Å². The van der Waals surface area contributed by atoms with Gasteiger partial charge in [0.05, 0.1) is 11.6 Å². The number of benzene rings is 1. The minimum Gasteiger partial charge on any atom is -0.491 e. The Morgan fingerprint density at radius 1 is 1.19 bits per heavy atom. The van der Waals surface area contributed by atoms with E-state index in [0.717, 1.165) is 0 Å². The van der Waals surface area contributed by atoms with Crippen LogP contribution in [0.15, 0.2) is 24.3 Å². The highest BCUT2D eigenvalue weighted by Gasteiger charge is 2.13. The minimum absolute atomic E-state index is 0.269. The van der Waals surface area contributed by atoms with Gasteiger partial charge in [-0.2, -0.15) is 5.26 Å². The zero-order valence-corrected chi connectivity index (χ0v) is 12.4. The number of hydrogen-bond donors (Lipinski definition) is 2. The van der Waals surface area contributed by atoms with E-state index in [1.165, 1.54) is 38.5 Å². The summed E-state index contributed by atoms with van der Waals surface area (Å²) in [7, 11) is 0. The summed E-state index contributed by atoms with van der Waals surface area (Å²) in [6.45, 7) is 0.840. The van der Waals surface area contributed by atoms with Crippen molar-refractivity contribution in [1.29, 1.82) is 5.26 Å². The summed E-state index contributed by atoms with van der Waals surface area (Å²) in [6, 6.07) is 9.54. The first-order valence-electron chi connectivity index (χ1n) is 7.82. The molecule has 0 radical (unpaired) electrons. The monoisotopic (exact) mass is 288 g/mol. The molecule has 0 saturated heterocycles. The Morgan fingerprint density at radius 3 is 2.48 bits per heavy atom. The predicted octanol–water partition coefficient (Wildman–Crippen LogP) is 2.61. The number of nitrogens with zero attached hydrogens (tertiary/aromatic N) is 1. The third-order valence-corrected chi connectivity index (χ3v) is 3.92. The number of aliphatic hydroxyl groups is 1. The zero-order valence-electron chi connectivity index (χ0n) is 12.4. The molecule has 1 unspecified atom stereocenters. The largest absolute Gasteiger partial charge is 0.491 e. The van der Waals surface area contributed by atoms with Gasteiger partial charge in [0.15, 0.2) is 0 Å². The van der Waals surface area contributed by atoms with Gasteiger partial charge < -0.3 is 15.2 Å². The molecular formula is C17H24N2O2. The van der Waals surface area contributed by atoms with Gasteiger partial charge in [0.1, 0.15) is 18.5 Å². The second kappa shape index (κ2) is 8.66. The number of hydrogen-bond acceptors (Lipinski definition) is 4. The maximum absolute atomic E-state index is 9.97. The van der Waals surface area contributed by atoms with E-state index in [2.05, 4.69) is 11.4 Å². The summed E-state index contributed by atoms with van der Waals surface area (Å²) < 4.78 is 5.53. The highest BCUT2D eigenvalue weighted by Crippen LogP contribution is 2.17. The number of ether oxygens (including phenoxy) is 1. The molecule has 1 aromatic rings. The Bertz CT molecular complexity index is 445. The molecule has 1 aromatic carbocycles. The van der Waals surface area contributed by atoms with Crippen LogP contribution in [-0.4, -0.2) is 30.4 Å². The molecular weight excluding hydrogens is 264 g/mol. The fraction of sp³-hybridized carbons (Fsp3) is 0.588. The van der Waals surface area contributed by atoms with Gasteiger partial charge in [-0.15, -0.1) is 0 Å². The van der Waals surface area contributed by atoms with Gasteiger partial charge in [0.2, 0.25) is 0 Å². The van der Waals surface area contributed by atoms with Crippen molar-refractivity contribution < 1.29 is 9.84 Å². The molecule has 0 aliphatic heterocycles. The number of nitriles is 1. The molecule has 2 N–H and O–H groups in total. The van der Waals surface area contributed by atoms with Crippen LogP contribution in [0.25, 0.3) is 0 Å². The van der Waals surface area contributed by atoms with Gasteiger partial charge in [0.25, 0.3) is 0 Å². The van der Waals surface area contributed by atoms with E-state index < -0.39 is 6.10 Å². The van der Waals surface area contributed by atoms with Crippen LogP contribution in [0.2, 0.25) is 0 Å². The Hall–Kier alpha value is -1.57. The van der Waals surface area contributed by atoms with E-state index in [0.29, 0.717) is 23.9 Å². The molecule has 0 aromatic heterocycles. The van der Waals surface area contributed by atoms with Crippen LogP contribution in [-0.2, 0) is 0 Å². The van der Waals surface area contributed by atoms with Gasteiger partial charge >= 0.3 is 0 Å². The van der Waals surface area contributed by atoms with Gasteiger partial charge in [-0.05, 0) is 37.1 Å². The van der Waals surface area contributed by atoms with Crippen molar-refractivity contribution in [2.24, 2.45) is 0 Å². The van der Waals surface area contributed by atoms with E-state index in [1.54, 1.807) is 24.3 Å². The summed E-state index contributed by atoms with van der Waals surface area (Å²) in [5.74, 6) is 0.683. The third kappa shape index (κ3) is 5.74. The van der Waals surface area contributed by atoms with Crippen molar-refractivity contribution in [2.75, 3.05) is 13.2 Å². The van der Waals surface area contributed by atoms with E-state index >= 15 is 0 Å². The average Bonchev–Trinajstić information content (AvgIpc) is 2.80. The van der Waals surface area contributed by atoms with E-state index in [4.69, 9.17) is 10.00 Å². The maximum Gasteiger partial charge on any atom is 0.119 e. The van der Waals surface area contributed by atoms with Crippen LogP contribution in [0.5, 0.6) is 5.75 Å². The first-order chi connectivity index (χ1) is 10.3. The molecule has 1 aliphatic carbocycles. The zero-order chi connectivity index (χ0) is 14.9. The standard InChI is InChI=1S/C17H24N2O2/c18-11-14-7-9-17(10-8-14)21-13-16(20)12-19-15-5-3-1-2-4-6-15/h7-10,15-16,19-20H,1-6,12-13H2. The fourth-order valence-corrected chi connectivity index (χ4v) is 2.66. The molecule has 0 spiro atoms. The van der Waals surface area contributed by atoms with Crippen LogP contribution >= 0.6 is 0 Å². The Kier molecular flexibility index (Phi) is 6.52. The van der Waals surface area contributed by atoms with Crippen LogP contribution < -0.4 is 10.1 Å². The maximum atomic E-state index is 9.97. The van der Waals surface area contributed by atoms with E-state index in [9.17, 15) is 5.11 Å². The van der Waals surface area contributed by atoms with Gasteiger partial charge in [0, 0.05) is 12.6 Å². The SMILES string of the molecule is N#Cc1ccc(OCC(O)CNC2CCCCCC2)cc1. The molecule has 0 amide bonds. The van der Waals surface area contributed by atoms with Gasteiger partial charge in [-0.3, -0.25) is 0 Å². The molecule has 0 heterocycles. The molecule has 114 valence electrons. The highest BCUT2D eigenvalue weighted by molar-refractivity contribution is 5.34. The Labute approximate surface area is 126 Å². The highest BCUT2D eigenvalue weighted by atomic mass is 16.5. The summed E-state index contributed by atoms with van der Waals surface area (Å²) in [5.41, 5.74) is 0.609. The van der Waals surface area contributed by atoms with E-state index in [1.807, 2.05) is 0 Å². The summed E-state index contributed by atoms with van der Waals surface area (Å²) >= 11 is 0. The Morgan fingerprint density at radius 2 is 1.86 bits per heavy atom. The van der Waals surface area contributed by atoms with Gasteiger partial charge in [-0.25, -0.2) is 0 Å². The topological polar surface area (TPSA) is 65.3 Å². The van der Waals surface area contributed by atoms with Crippen molar-refractivity contribution in [3.05, 3.63) is 29.8 Å². The van der Waals surface area contributed by atoms with Crippen LogP contribution in [0.3, 0.4) is 0 Å². The number of nitrogens with one attached hydrogen (secondary N) is 1. The Balaban J connectivity index is 1.66. The first-order valence-corrected chi connectivity index (χ1v) is 7.82. The average molecular weight is 288 g/mol. The second-order valence-electron chi connectivity index (χ2n) is 5.70. The first kappa shape index (κ1) is 15.8. The number of rotatable bonds is 6. The minimum atomic E-state index is -0.510. The lowest BCUT2D eigenvalue weighted by molar-refractivity contribution is 0.103. The summed E-state index contributed by atoms with van der Waals surface area (Å²) in [4.78, 5) is 0. The normalized spacial score (nSPS) is 17.7. The van der Waals surface area contributed by atoms with E-state index in [-0.39, 0.29) is 6.61 Å². The van der Waals surface area contributed by atoms with Crippen LogP contribution in [0, 0.1) is 11.3 Å². The molecule has 1 atom stereocenters. The molecule has 1 aliphatic rings. The molecule has 4 nitrogen and oxygen atoms in total. The summed E-state index contributed by atoms with van der Waals surface area (Å²) in [6.07, 6.45) is 7.16. The molecule has 1 saturated carbocycles. The third-order valence-electron chi connectivity index (χ3n) is 3.92. The lowest BCUT2D eigenvalue weighted by Crippen LogP contribution is -2.37. The van der Waals surface area contributed by atoms with Crippen molar-refractivity contribution in [2.45, 2.75) is 50.7 Å². The smallest absolute Gasteiger partial charge is 0.119 e. The fourth-order valence-electron chi connectivity index (χ4n) is 2.66. The molecule has 21 heavy (non-hydrogen) atoms. The molecule has 0 bridgehead atoms. The molecule has 1 fully saturated rings. The number of aliphatic hydroxyl groups excluding tert-OH is 1. The molecule has 4 heteroatoms. The molecule has 2 rings (SSSR count). The van der Waals surface area contributed by atoms with Crippen molar-refractivity contribution in [3.8, 4) is 11.8 Å². The quantitative estimate of drug-likeness (QED) is 0.790. The second-order valence-corrected chi connectivity index (χ2v) is 5.70. The predicted molar refractivity (Wildman–Crippen MR) is 82.2 cm³/mol. The summed E-state index contributed by atoms with van der Waals surface area (Å²) in [5, 5.41) is 22.1. The lowest BCUT2D eigenvalue weighted by Gasteiger charge is -2.19. The van der Waals surface area contributed by atoms with Crippen molar-refractivity contribution >= 4 is 0 Å².